The van der Waals surface area contributed by atoms with Crippen LogP contribution in [0.2, 0.25) is 0 Å². The Balaban J connectivity index is 1.55. The Bertz CT molecular complexity index is 905. The Morgan fingerprint density at radius 3 is 2.56 bits per heavy atom. The topological polar surface area (TPSA) is 79.3 Å². The van der Waals surface area contributed by atoms with E-state index < -0.39 is 5.97 Å². The van der Waals surface area contributed by atoms with E-state index in [1.807, 2.05) is 30.3 Å². The predicted molar refractivity (Wildman–Crippen MR) is 97.7 cm³/mol. The lowest BCUT2D eigenvalue weighted by Gasteiger charge is -2.07. The quantitative estimate of drug-likeness (QED) is 0.665. The average molecular weight is 352 g/mol. The number of rotatable bonds is 6. The summed E-state index contributed by atoms with van der Waals surface area (Å²) in [5.74, 6) is -0.751. The van der Waals surface area contributed by atoms with E-state index in [2.05, 4.69) is 10.3 Å². The van der Waals surface area contributed by atoms with Crippen LogP contribution in [0.25, 0.3) is 10.9 Å². The van der Waals surface area contributed by atoms with Gasteiger partial charge < -0.3 is 10.4 Å². The number of carbonyl (C=O) groups excluding carboxylic acids is 1. The number of hydrogen-bond acceptors (Lipinski definition) is 4. The van der Waals surface area contributed by atoms with E-state index in [9.17, 15) is 9.59 Å². The van der Waals surface area contributed by atoms with Gasteiger partial charge in [-0.2, -0.15) is 0 Å². The third-order valence-electron chi connectivity index (χ3n) is 3.65. The Labute approximate surface area is 149 Å². The highest BCUT2D eigenvalue weighted by atomic mass is 32.2. The Morgan fingerprint density at radius 2 is 1.80 bits per heavy atom. The number of nitrogens with zero attached hydrogens (tertiary/aromatic N) is 1. The number of amides is 1. The predicted octanol–water partition coefficient (Wildman–Crippen LogP) is 3.34. The highest BCUT2D eigenvalue weighted by Gasteiger charge is 2.07. The van der Waals surface area contributed by atoms with E-state index in [0.29, 0.717) is 12.3 Å². The second kappa shape index (κ2) is 7.81. The lowest BCUT2D eigenvalue weighted by atomic mass is 10.1. The van der Waals surface area contributed by atoms with Gasteiger partial charge in [-0.25, -0.2) is 4.79 Å². The summed E-state index contributed by atoms with van der Waals surface area (Å²) < 4.78 is 0. The number of aromatic carboxylic acids is 1. The number of para-hydroxylation sites is 1. The van der Waals surface area contributed by atoms with Gasteiger partial charge in [-0.15, -0.1) is 11.8 Å². The first-order valence-corrected chi connectivity index (χ1v) is 8.67. The van der Waals surface area contributed by atoms with Crippen LogP contribution in [-0.2, 0) is 11.3 Å². The molecule has 0 spiro atoms. The molecule has 5 nitrogen and oxygen atoms in total. The minimum Gasteiger partial charge on any atom is -0.478 e. The first-order valence-electron chi connectivity index (χ1n) is 7.69. The molecular formula is C19H16N2O3S. The van der Waals surface area contributed by atoms with Crippen LogP contribution >= 0.6 is 11.8 Å². The molecule has 0 radical (unpaired) electrons. The van der Waals surface area contributed by atoms with Crippen molar-refractivity contribution in [1.82, 2.24) is 10.3 Å². The molecule has 0 fully saturated rings. The summed E-state index contributed by atoms with van der Waals surface area (Å²) in [5.41, 5.74) is 1.98. The summed E-state index contributed by atoms with van der Waals surface area (Å²) in [6, 6.07) is 16.2. The van der Waals surface area contributed by atoms with Gasteiger partial charge in [-0.1, -0.05) is 30.3 Å². The summed E-state index contributed by atoms with van der Waals surface area (Å²) in [5, 5.41) is 12.8. The first-order chi connectivity index (χ1) is 12.1. The van der Waals surface area contributed by atoms with E-state index in [1.165, 1.54) is 23.9 Å². The van der Waals surface area contributed by atoms with Crippen LogP contribution in [0.5, 0.6) is 0 Å². The van der Waals surface area contributed by atoms with Gasteiger partial charge in [0.2, 0.25) is 5.91 Å². The molecule has 0 atom stereocenters. The van der Waals surface area contributed by atoms with E-state index in [-0.39, 0.29) is 11.5 Å². The molecule has 0 saturated carbocycles. The summed E-state index contributed by atoms with van der Waals surface area (Å²) in [4.78, 5) is 28.2. The van der Waals surface area contributed by atoms with E-state index in [0.717, 1.165) is 21.4 Å². The standard InChI is InChI=1S/C19H16N2O3S/c22-17(21-11-13-6-8-15(9-7-13)19(23)24)12-25-16-5-1-3-14-4-2-10-20-18(14)16/h1-10H,11-12H2,(H,21,22)(H,23,24). The van der Waals surface area contributed by atoms with Crippen molar-refractivity contribution in [2.24, 2.45) is 0 Å². The number of fused-ring (bicyclic) bond motifs is 1. The fraction of sp³-hybridized carbons (Fsp3) is 0.105. The van der Waals surface area contributed by atoms with Crippen molar-refractivity contribution < 1.29 is 14.7 Å². The molecule has 0 unspecified atom stereocenters. The van der Waals surface area contributed by atoms with Crippen LogP contribution < -0.4 is 5.32 Å². The first kappa shape index (κ1) is 17.0. The maximum Gasteiger partial charge on any atom is 0.335 e. The smallest absolute Gasteiger partial charge is 0.335 e. The maximum absolute atomic E-state index is 12.1. The van der Waals surface area contributed by atoms with Gasteiger partial charge in [0.15, 0.2) is 0 Å². The van der Waals surface area contributed by atoms with Crippen LogP contribution in [0.4, 0.5) is 0 Å². The van der Waals surface area contributed by atoms with Crippen LogP contribution in [0.3, 0.4) is 0 Å². The monoisotopic (exact) mass is 352 g/mol. The number of benzene rings is 2. The van der Waals surface area contributed by atoms with Gasteiger partial charge in [-0.3, -0.25) is 9.78 Å². The number of pyridine rings is 1. The molecule has 126 valence electrons. The Kier molecular flexibility index (Phi) is 5.30. The van der Waals surface area contributed by atoms with Gasteiger partial charge in [0, 0.05) is 23.0 Å². The van der Waals surface area contributed by atoms with Crippen molar-refractivity contribution in [3.05, 3.63) is 71.9 Å². The minimum absolute atomic E-state index is 0.0831. The van der Waals surface area contributed by atoms with E-state index in [4.69, 9.17) is 5.11 Å². The van der Waals surface area contributed by atoms with Crippen LogP contribution in [0, 0.1) is 0 Å². The third kappa shape index (κ3) is 4.36. The third-order valence-corrected chi connectivity index (χ3v) is 4.69. The summed E-state index contributed by atoms with van der Waals surface area (Å²) in [6.45, 7) is 0.368. The SMILES string of the molecule is O=C(CSc1cccc2cccnc12)NCc1ccc(C(=O)O)cc1. The number of nitrogens with one attached hydrogen (secondary N) is 1. The number of thioether (sulfide) groups is 1. The zero-order valence-corrected chi connectivity index (χ0v) is 14.1. The maximum atomic E-state index is 12.1. The highest BCUT2D eigenvalue weighted by molar-refractivity contribution is 8.00. The van der Waals surface area contributed by atoms with Gasteiger partial charge in [0.25, 0.3) is 0 Å². The molecule has 1 aromatic heterocycles. The number of carboxylic acids is 1. The molecule has 0 saturated heterocycles. The fourth-order valence-electron chi connectivity index (χ4n) is 2.35. The second-order valence-corrected chi connectivity index (χ2v) is 6.42. The Hall–Kier alpha value is -2.86. The molecule has 0 bridgehead atoms. The number of aromatic nitrogens is 1. The number of hydrogen-bond donors (Lipinski definition) is 2. The molecule has 0 aliphatic heterocycles. The number of carboxylic acid groups (broad SMARTS) is 1. The molecular weight excluding hydrogens is 336 g/mol. The second-order valence-electron chi connectivity index (χ2n) is 5.40. The van der Waals surface area contributed by atoms with Crippen molar-refractivity contribution in [2.45, 2.75) is 11.4 Å². The lowest BCUT2D eigenvalue weighted by molar-refractivity contribution is -0.118. The molecule has 0 aliphatic carbocycles. The highest BCUT2D eigenvalue weighted by Crippen LogP contribution is 2.25. The average Bonchev–Trinajstić information content (AvgIpc) is 2.65. The molecule has 1 amide bonds. The fourth-order valence-corrected chi connectivity index (χ4v) is 3.22. The Morgan fingerprint density at radius 1 is 1.04 bits per heavy atom. The zero-order valence-electron chi connectivity index (χ0n) is 13.3. The van der Waals surface area contributed by atoms with Crippen LogP contribution in [0.1, 0.15) is 15.9 Å². The van der Waals surface area contributed by atoms with Crippen molar-refractivity contribution >= 4 is 34.5 Å². The largest absolute Gasteiger partial charge is 0.478 e. The molecule has 3 aromatic rings. The molecule has 3 rings (SSSR count). The van der Waals surface area contributed by atoms with Gasteiger partial charge in [0.1, 0.15) is 0 Å². The van der Waals surface area contributed by atoms with Crippen molar-refractivity contribution in [1.29, 1.82) is 0 Å². The van der Waals surface area contributed by atoms with Crippen LogP contribution in [0.15, 0.2) is 65.7 Å². The van der Waals surface area contributed by atoms with Crippen molar-refractivity contribution in [2.75, 3.05) is 5.75 Å². The van der Waals surface area contributed by atoms with Crippen molar-refractivity contribution in [3.63, 3.8) is 0 Å². The zero-order chi connectivity index (χ0) is 17.6. The molecule has 25 heavy (non-hydrogen) atoms. The summed E-state index contributed by atoms with van der Waals surface area (Å²) in [7, 11) is 0. The molecule has 1 heterocycles. The molecule has 6 heteroatoms. The van der Waals surface area contributed by atoms with Gasteiger partial charge in [0.05, 0.1) is 16.8 Å². The summed E-state index contributed by atoms with van der Waals surface area (Å²) >= 11 is 1.45. The van der Waals surface area contributed by atoms with E-state index >= 15 is 0 Å². The van der Waals surface area contributed by atoms with Crippen LogP contribution in [-0.4, -0.2) is 27.7 Å². The summed E-state index contributed by atoms with van der Waals surface area (Å²) in [6.07, 6.45) is 1.74. The van der Waals surface area contributed by atoms with Gasteiger partial charge >= 0.3 is 5.97 Å². The lowest BCUT2D eigenvalue weighted by Crippen LogP contribution is -2.24. The molecule has 2 aromatic carbocycles. The molecule has 0 aliphatic rings. The van der Waals surface area contributed by atoms with Crippen molar-refractivity contribution in [3.8, 4) is 0 Å². The molecule has 2 N–H and O–H groups in total. The normalized spacial score (nSPS) is 10.6. The van der Waals surface area contributed by atoms with Gasteiger partial charge in [-0.05, 0) is 29.8 Å². The minimum atomic E-state index is -0.962. The number of carbonyl (C=O) groups is 2. The van der Waals surface area contributed by atoms with E-state index in [1.54, 1.807) is 18.3 Å².